The fourth-order valence-corrected chi connectivity index (χ4v) is 2.19. The van der Waals surface area contributed by atoms with Crippen molar-refractivity contribution in [3.63, 3.8) is 0 Å². The van der Waals surface area contributed by atoms with Gasteiger partial charge in [-0.3, -0.25) is 10.0 Å². The van der Waals surface area contributed by atoms with Crippen LogP contribution in [-0.2, 0) is 10.2 Å². The van der Waals surface area contributed by atoms with Crippen molar-refractivity contribution >= 4 is 17.4 Å². The highest BCUT2D eigenvalue weighted by molar-refractivity contribution is 5.79. The van der Waals surface area contributed by atoms with Gasteiger partial charge in [0, 0.05) is 11.6 Å². The molecule has 0 spiro atoms. The monoisotopic (exact) mass is 276 g/mol. The fraction of sp³-hybridized carbons (Fsp3) is 0.429. The number of amides is 1. The van der Waals surface area contributed by atoms with Crippen LogP contribution in [0.15, 0.2) is 18.3 Å². The van der Waals surface area contributed by atoms with Crippen LogP contribution < -0.4 is 10.8 Å². The molecule has 0 saturated carbocycles. The first-order chi connectivity index (χ1) is 9.32. The number of anilines is 1. The van der Waals surface area contributed by atoms with Gasteiger partial charge in [0.15, 0.2) is 0 Å². The third kappa shape index (κ3) is 2.75. The van der Waals surface area contributed by atoms with Gasteiger partial charge in [-0.15, -0.1) is 0 Å². The smallest absolute Gasteiger partial charge is 0.262 e. The molecule has 2 heterocycles. The number of carbonyl (C=O) groups is 1. The first-order valence-electron chi connectivity index (χ1n) is 6.49. The molecule has 6 nitrogen and oxygen atoms in total. The molecule has 0 radical (unpaired) electrons. The van der Waals surface area contributed by atoms with Gasteiger partial charge in [0.1, 0.15) is 11.5 Å². The van der Waals surface area contributed by atoms with Crippen molar-refractivity contribution in [3.05, 3.63) is 29.6 Å². The van der Waals surface area contributed by atoms with E-state index in [9.17, 15) is 4.79 Å². The molecule has 0 atom stereocenters. The van der Waals surface area contributed by atoms with E-state index >= 15 is 0 Å². The second kappa shape index (κ2) is 5.13. The molecule has 0 fully saturated rings. The number of nitrogens with one attached hydrogen (secondary N) is 2. The summed E-state index contributed by atoms with van der Waals surface area (Å²) in [5, 5.41) is 11.5. The summed E-state index contributed by atoms with van der Waals surface area (Å²) in [5.74, 6) is 0.157. The normalized spacial score (nSPS) is 11.7. The number of aryl methyl sites for hydroxylation is 1. The number of hydrogen-bond acceptors (Lipinski definition) is 4. The minimum atomic E-state index is -0.502. The third-order valence-corrected chi connectivity index (χ3v) is 3.02. The van der Waals surface area contributed by atoms with E-state index in [-0.39, 0.29) is 12.0 Å². The summed E-state index contributed by atoms with van der Waals surface area (Å²) in [6.45, 7) is 8.28. The molecule has 2 rings (SSSR count). The van der Waals surface area contributed by atoms with E-state index in [1.807, 2.05) is 29.7 Å². The van der Waals surface area contributed by atoms with Crippen LogP contribution in [0.2, 0.25) is 0 Å². The van der Waals surface area contributed by atoms with Crippen molar-refractivity contribution in [2.45, 2.75) is 33.1 Å². The van der Waals surface area contributed by atoms with Gasteiger partial charge in [-0.1, -0.05) is 26.8 Å². The molecule has 0 saturated heterocycles. The lowest BCUT2D eigenvalue weighted by molar-refractivity contribution is -0.127. The maximum Gasteiger partial charge on any atom is 0.262 e. The first kappa shape index (κ1) is 14.3. The quantitative estimate of drug-likeness (QED) is 0.590. The number of pyridine rings is 1. The highest BCUT2D eigenvalue weighted by Crippen LogP contribution is 2.30. The zero-order chi connectivity index (χ0) is 14.9. The Labute approximate surface area is 117 Å². The Bertz CT molecular complexity index is 640. The highest BCUT2D eigenvalue weighted by atomic mass is 16.5. The van der Waals surface area contributed by atoms with E-state index in [2.05, 4.69) is 31.1 Å². The minimum absolute atomic E-state index is 0.0254. The lowest BCUT2D eigenvalue weighted by atomic mass is 9.92. The first-order valence-corrected chi connectivity index (χ1v) is 6.49. The molecule has 0 aromatic carbocycles. The van der Waals surface area contributed by atoms with E-state index in [1.54, 1.807) is 5.48 Å². The van der Waals surface area contributed by atoms with Crippen molar-refractivity contribution in [1.82, 2.24) is 14.9 Å². The minimum Gasteiger partial charge on any atom is -0.359 e. The van der Waals surface area contributed by atoms with Crippen molar-refractivity contribution < 1.29 is 10.0 Å². The maximum atomic E-state index is 11.2. The summed E-state index contributed by atoms with van der Waals surface area (Å²) < 4.78 is 2.04. The van der Waals surface area contributed by atoms with Crippen molar-refractivity contribution in [1.29, 1.82) is 0 Å². The average Bonchev–Trinajstić information content (AvgIpc) is 2.73. The number of rotatable bonds is 3. The van der Waals surface area contributed by atoms with Crippen LogP contribution in [0.4, 0.5) is 5.82 Å². The summed E-state index contributed by atoms with van der Waals surface area (Å²) >= 11 is 0. The molecule has 3 N–H and O–H groups in total. The van der Waals surface area contributed by atoms with E-state index in [4.69, 9.17) is 5.21 Å². The van der Waals surface area contributed by atoms with Gasteiger partial charge in [0.2, 0.25) is 0 Å². The number of fused-ring (bicyclic) bond motifs is 1. The van der Waals surface area contributed by atoms with Crippen molar-refractivity contribution in [2.24, 2.45) is 0 Å². The van der Waals surface area contributed by atoms with E-state index < -0.39 is 5.91 Å². The molecule has 0 aliphatic heterocycles. The summed E-state index contributed by atoms with van der Waals surface area (Å²) in [4.78, 5) is 15.7. The van der Waals surface area contributed by atoms with Gasteiger partial charge in [0.05, 0.1) is 12.2 Å². The van der Waals surface area contributed by atoms with Gasteiger partial charge >= 0.3 is 0 Å². The van der Waals surface area contributed by atoms with Crippen LogP contribution in [0.25, 0.3) is 5.65 Å². The van der Waals surface area contributed by atoms with Crippen LogP contribution >= 0.6 is 0 Å². The largest absolute Gasteiger partial charge is 0.359 e. The van der Waals surface area contributed by atoms with E-state index in [0.29, 0.717) is 5.82 Å². The average molecular weight is 276 g/mol. The Hall–Kier alpha value is -2.08. The van der Waals surface area contributed by atoms with Crippen LogP contribution in [-0.4, -0.2) is 27.0 Å². The SMILES string of the molecule is Cc1ccc2nc(NCC(=O)NO)c(C(C)(C)C)n2c1. The fourth-order valence-electron chi connectivity index (χ4n) is 2.19. The molecular formula is C14H20N4O2. The molecular weight excluding hydrogens is 256 g/mol. The highest BCUT2D eigenvalue weighted by Gasteiger charge is 2.24. The Morgan fingerprint density at radius 1 is 1.40 bits per heavy atom. The molecule has 0 unspecified atom stereocenters. The van der Waals surface area contributed by atoms with Crippen molar-refractivity contribution in [3.8, 4) is 0 Å². The van der Waals surface area contributed by atoms with E-state index in [0.717, 1.165) is 16.9 Å². The molecule has 6 heteroatoms. The second-order valence-electron chi connectivity index (χ2n) is 5.88. The standard InChI is InChI=1S/C14H20N4O2/c1-9-5-6-10-16-13(15-7-11(19)17-20)12(14(2,3)4)18(10)8-9/h5-6,8,15,20H,7H2,1-4H3,(H,17,19). The lowest BCUT2D eigenvalue weighted by Gasteiger charge is -2.20. The van der Waals surface area contributed by atoms with Gasteiger partial charge in [-0.2, -0.15) is 0 Å². The molecule has 0 aliphatic rings. The molecule has 0 bridgehead atoms. The summed E-state index contributed by atoms with van der Waals surface area (Å²) in [6.07, 6.45) is 2.03. The van der Waals surface area contributed by atoms with Gasteiger partial charge in [-0.25, -0.2) is 10.5 Å². The van der Waals surface area contributed by atoms with Gasteiger partial charge in [-0.05, 0) is 18.6 Å². The Balaban J connectivity index is 2.50. The topological polar surface area (TPSA) is 78.7 Å². The molecule has 2 aromatic rings. The maximum absolute atomic E-state index is 11.2. The van der Waals surface area contributed by atoms with Crippen LogP contribution in [0.3, 0.4) is 0 Å². The van der Waals surface area contributed by atoms with Gasteiger partial charge in [0.25, 0.3) is 5.91 Å². The number of nitrogens with zero attached hydrogens (tertiary/aromatic N) is 2. The summed E-state index contributed by atoms with van der Waals surface area (Å²) in [5.41, 5.74) is 4.43. The predicted molar refractivity (Wildman–Crippen MR) is 77.0 cm³/mol. The Kier molecular flexibility index (Phi) is 3.67. The Morgan fingerprint density at radius 2 is 2.10 bits per heavy atom. The summed E-state index contributed by atoms with van der Waals surface area (Å²) in [6, 6.07) is 3.95. The number of hydrogen-bond donors (Lipinski definition) is 3. The molecule has 20 heavy (non-hydrogen) atoms. The van der Waals surface area contributed by atoms with Crippen molar-refractivity contribution in [2.75, 3.05) is 11.9 Å². The molecule has 1 amide bonds. The second-order valence-corrected chi connectivity index (χ2v) is 5.88. The summed E-state index contributed by atoms with van der Waals surface area (Å²) in [7, 11) is 0. The van der Waals surface area contributed by atoms with Crippen LogP contribution in [0, 0.1) is 6.92 Å². The number of aromatic nitrogens is 2. The Morgan fingerprint density at radius 3 is 2.70 bits per heavy atom. The van der Waals surface area contributed by atoms with Crippen LogP contribution in [0.1, 0.15) is 32.0 Å². The molecule has 108 valence electrons. The van der Waals surface area contributed by atoms with E-state index in [1.165, 1.54) is 0 Å². The van der Waals surface area contributed by atoms with Gasteiger partial charge < -0.3 is 9.72 Å². The molecule has 0 aliphatic carbocycles. The number of imidazole rings is 1. The zero-order valence-electron chi connectivity index (χ0n) is 12.2. The predicted octanol–water partition coefficient (Wildman–Crippen LogP) is 1.86. The third-order valence-electron chi connectivity index (χ3n) is 3.02. The number of hydroxylamine groups is 1. The zero-order valence-corrected chi connectivity index (χ0v) is 12.2. The lowest BCUT2D eigenvalue weighted by Crippen LogP contribution is -2.28. The van der Waals surface area contributed by atoms with Crippen LogP contribution in [0.5, 0.6) is 0 Å². The molecule has 2 aromatic heterocycles. The number of carbonyl (C=O) groups excluding carboxylic acids is 1.